The molecule has 13 heavy (non-hydrogen) atoms. The molecule has 0 aliphatic heterocycles. The van der Waals surface area contributed by atoms with Crippen LogP contribution in [0.3, 0.4) is 0 Å². The molecule has 0 unspecified atom stereocenters. The van der Waals surface area contributed by atoms with E-state index in [1.807, 2.05) is 38.2 Å². The van der Waals surface area contributed by atoms with Gasteiger partial charge in [-0.3, -0.25) is 0 Å². The molecule has 0 aromatic rings. The molecule has 1 nitrogen and oxygen atoms in total. The van der Waals surface area contributed by atoms with Gasteiger partial charge in [0.2, 0.25) is 0 Å². The first-order valence-electron chi connectivity index (χ1n) is 4.19. The maximum Gasteiger partial charge on any atom is 0.0310 e. The molecular weight excluding hydrogens is 158 g/mol. The van der Waals surface area contributed by atoms with Gasteiger partial charge in [0, 0.05) is 5.70 Å². The zero-order valence-electron chi connectivity index (χ0n) is 8.38. The molecule has 0 amide bonds. The molecule has 2 N–H and O–H groups in total. The first-order chi connectivity index (χ1) is 6.10. The van der Waals surface area contributed by atoms with Gasteiger partial charge in [-0.15, -0.1) is 0 Å². The average molecular weight is 175 g/mol. The average Bonchev–Trinajstić information content (AvgIpc) is 2.04. The van der Waals surface area contributed by atoms with Crippen LogP contribution >= 0.6 is 0 Å². The molecule has 0 aliphatic carbocycles. The van der Waals surface area contributed by atoms with Crippen molar-refractivity contribution in [3.63, 3.8) is 0 Å². The molecular formula is C12H17N. The molecule has 70 valence electrons. The Morgan fingerprint density at radius 3 is 2.38 bits per heavy atom. The summed E-state index contributed by atoms with van der Waals surface area (Å²) in [6, 6.07) is 0. The molecule has 0 fully saturated rings. The normalized spacial score (nSPS) is 13.4. The van der Waals surface area contributed by atoms with Crippen LogP contribution in [0.2, 0.25) is 0 Å². The Hall–Kier alpha value is -1.50. The van der Waals surface area contributed by atoms with Crippen LogP contribution < -0.4 is 5.73 Å². The maximum absolute atomic E-state index is 5.58. The second-order valence-electron chi connectivity index (χ2n) is 2.81. The highest BCUT2D eigenvalue weighted by atomic mass is 14.5. The van der Waals surface area contributed by atoms with Crippen molar-refractivity contribution >= 4 is 0 Å². The lowest BCUT2D eigenvalue weighted by Crippen LogP contribution is -1.91. The lowest BCUT2D eigenvalue weighted by molar-refractivity contribution is 1.37. The highest BCUT2D eigenvalue weighted by Gasteiger charge is 1.86. The van der Waals surface area contributed by atoms with Gasteiger partial charge in [0.25, 0.3) is 0 Å². The Bertz CT molecular complexity index is 277. The Kier molecular flexibility index (Phi) is 5.37. The van der Waals surface area contributed by atoms with Crippen LogP contribution in [-0.4, -0.2) is 0 Å². The van der Waals surface area contributed by atoms with Crippen molar-refractivity contribution in [3.05, 3.63) is 60.4 Å². The van der Waals surface area contributed by atoms with E-state index >= 15 is 0 Å². The Labute approximate surface area is 80.6 Å². The molecule has 0 heterocycles. The van der Waals surface area contributed by atoms with Gasteiger partial charge in [0.1, 0.15) is 0 Å². The molecule has 0 atom stereocenters. The Balaban J connectivity index is 4.50. The van der Waals surface area contributed by atoms with Gasteiger partial charge in [0.05, 0.1) is 0 Å². The molecule has 0 rings (SSSR count). The van der Waals surface area contributed by atoms with Crippen LogP contribution in [0.1, 0.15) is 13.8 Å². The van der Waals surface area contributed by atoms with E-state index in [1.165, 1.54) is 0 Å². The van der Waals surface area contributed by atoms with Crippen molar-refractivity contribution in [3.8, 4) is 0 Å². The summed E-state index contributed by atoms with van der Waals surface area (Å²) in [6.45, 7) is 11.4. The van der Waals surface area contributed by atoms with Crippen LogP contribution in [0.5, 0.6) is 0 Å². The molecule has 1 heteroatoms. The van der Waals surface area contributed by atoms with Gasteiger partial charge >= 0.3 is 0 Å². The third-order valence-electron chi connectivity index (χ3n) is 1.42. The first kappa shape index (κ1) is 11.5. The summed E-state index contributed by atoms with van der Waals surface area (Å²) in [7, 11) is 0. The van der Waals surface area contributed by atoms with E-state index < -0.39 is 0 Å². The van der Waals surface area contributed by atoms with Crippen LogP contribution in [0, 0.1) is 0 Å². The van der Waals surface area contributed by atoms with Crippen molar-refractivity contribution < 1.29 is 0 Å². The summed E-state index contributed by atoms with van der Waals surface area (Å²) >= 11 is 0. The Morgan fingerprint density at radius 1 is 1.31 bits per heavy atom. The second-order valence-corrected chi connectivity index (χ2v) is 2.81. The summed E-state index contributed by atoms with van der Waals surface area (Å²) < 4.78 is 0. The highest BCUT2D eigenvalue weighted by Crippen LogP contribution is 2.04. The van der Waals surface area contributed by atoms with E-state index in [2.05, 4.69) is 13.2 Å². The molecule has 0 aromatic heterocycles. The minimum Gasteiger partial charge on any atom is -0.399 e. The van der Waals surface area contributed by atoms with E-state index in [4.69, 9.17) is 5.73 Å². The van der Waals surface area contributed by atoms with Gasteiger partial charge in [-0.05, 0) is 37.1 Å². The fraction of sp³-hybridized carbons (Fsp3) is 0.167. The molecule has 0 radical (unpaired) electrons. The van der Waals surface area contributed by atoms with E-state index in [1.54, 1.807) is 6.08 Å². The molecule has 0 aromatic carbocycles. The van der Waals surface area contributed by atoms with Gasteiger partial charge in [-0.25, -0.2) is 0 Å². The van der Waals surface area contributed by atoms with Gasteiger partial charge in [-0.2, -0.15) is 0 Å². The third kappa shape index (κ3) is 5.74. The second kappa shape index (κ2) is 6.06. The van der Waals surface area contributed by atoms with Gasteiger partial charge < -0.3 is 5.73 Å². The van der Waals surface area contributed by atoms with Crippen molar-refractivity contribution in [1.29, 1.82) is 0 Å². The van der Waals surface area contributed by atoms with Gasteiger partial charge in [-0.1, -0.05) is 31.4 Å². The van der Waals surface area contributed by atoms with Crippen molar-refractivity contribution in [1.82, 2.24) is 0 Å². The number of rotatable bonds is 4. The predicted octanol–water partition coefficient (Wildman–Crippen LogP) is 3.09. The summed E-state index contributed by atoms with van der Waals surface area (Å²) in [5.41, 5.74) is 8.28. The first-order valence-corrected chi connectivity index (χ1v) is 4.19. The summed E-state index contributed by atoms with van der Waals surface area (Å²) in [6.07, 6.45) is 9.35. The van der Waals surface area contributed by atoms with Crippen molar-refractivity contribution in [2.75, 3.05) is 0 Å². The lowest BCUT2D eigenvalue weighted by Gasteiger charge is -1.95. The molecule has 0 spiro atoms. The quantitative estimate of drug-likeness (QED) is 0.653. The van der Waals surface area contributed by atoms with E-state index in [9.17, 15) is 0 Å². The smallest absolute Gasteiger partial charge is 0.0310 e. The maximum atomic E-state index is 5.58. The SMILES string of the molecule is C=C/C(N)=C\C(C)=C\C(=C)/C=C\C. The number of allylic oxidation sites excluding steroid dienone is 7. The molecule has 0 aliphatic rings. The van der Waals surface area contributed by atoms with E-state index in [-0.39, 0.29) is 0 Å². The standard InChI is InChI=1S/C12H17N/c1-5-7-10(3)8-11(4)9-12(13)6-2/h5-9H,2-3,13H2,1,4H3/b7-5-,11-8+,12-9+. The number of nitrogens with two attached hydrogens (primary N) is 1. The zero-order chi connectivity index (χ0) is 10.3. The minimum absolute atomic E-state index is 0.669. The van der Waals surface area contributed by atoms with Crippen LogP contribution in [-0.2, 0) is 0 Å². The van der Waals surface area contributed by atoms with Crippen LogP contribution in [0.4, 0.5) is 0 Å². The van der Waals surface area contributed by atoms with Crippen molar-refractivity contribution in [2.45, 2.75) is 13.8 Å². The molecule has 0 saturated heterocycles. The summed E-state index contributed by atoms with van der Waals surface area (Å²) in [5.74, 6) is 0. The molecule has 0 saturated carbocycles. The van der Waals surface area contributed by atoms with Crippen molar-refractivity contribution in [2.24, 2.45) is 5.73 Å². The zero-order valence-corrected chi connectivity index (χ0v) is 8.38. The summed E-state index contributed by atoms with van der Waals surface area (Å²) in [5, 5.41) is 0. The minimum atomic E-state index is 0.669. The Morgan fingerprint density at radius 2 is 1.92 bits per heavy atom. The lowest BCUT2D eigenvalue weighted by atomic mass is 10.1. The largest absolute Gasteiger partial charge is 0.399 e. The van der Waals surface area contributed by atoms with E-state index in [0.29, 0.717) is 5.70 Å². The van der Waals surface area contributed by atoms with Crippen LogP contribution in [0.25, 0.3) is 0 Å². The predicted molar refractivity (Wildman–Crippen MR) is 60.2 cm³/mol. The highest BCUT2D eigenvalue weighted by molar-refractivity contribution is 5.36. The van der Waals surface area contributed by atoms with Crippen LogP contribution in [0.15, 0.2) is 60.4 Å². The number of hydrogen-bond donors (Lipinski definition) is 1. The topological polar surface area (TPSA) is 26.0 Å². The summed E-state index contributed by atoms with van der Waals surface area (Å²) in [4.78, 5) is 0. The fourth-order valence-electron chi connectivity index (χ4n) is 0.918. The molecule has 0 bridgehead atoms. The number of hydrogen-bond acceptors (Lipinski definition) is 1. The fourth-order valence-corrected chi connectivity index (χ4v) is 0.918. The monoisotopic (exact) mass is 175 g/mol. The van der Waals surface area contributed by atoms with E-state index in [0.717, 1.165) is 11.1 Å². The third-order valence-corrected chi connectivity index (χ3v) is 1.42. The van der Waals surface area contributed by atoms with Gasteiger partial charge in [0.15, 0.2) is 0 Å².